The van der Waals surface area contributed by atoms with Crippen molar-refractivity contribution in [3.63, 3.8) is 0 Å². The minimum Gasteiger partial charge on any atom is -0.334 e. The van der Waals surface area contributed by atoms with Crippen LogP contribution in [0.1, 0.15) is 76.7 Å². The number of fused-ring (bicyclic) bond motifs is 1. The fraction of sp³-hybridized carbons (Fsp3) is 0.824. The minimum absolute atomic E-state index is 0.160. The molecule has 20 heavy (non-hydrogen) atoms. The van der Waals surface area contributed by atoms with Crippen LogP contribution < -0.4 is 5.32 Å². The Morgan fingerprint density at radius 3 is 2.65 bits per heavy atom. The summed E-state index contributed by atoms with van der Waals surface area (Å²) in [5, 5.41) is 3.79. The molecule has 3 rings (SSSR count). The number of imidazole rings is 1. The lowest BCUT2D eigenvalue weighted by Crippen LogP contribution is -2.32. The van der Waals surface area contributed by atoms with Gasteiger partial charge in [-0.05, 0) is 25.7 Å². The van der Waals surface area contributed by atoms with Crippen LogP contribution in [0.3, 0.4) is 0 Å². The third-order valence-corrected chi connectivity index (χ3v) is 4.90. The van der Waals surface area contributed by atoms with Gasteiger partial charge in [-0.3, -0.25) is 0 Å². The van der Waals surface area contributed by atoms with E-state index in [0.717, 1.165) is 19.1 Å². The maximum absolute atomic E-state index is 4.97. The predicted molar refractivity (Wildman–Crippen MR) is 83.2 cm³/mol. The molecule has 0 aromatic carbocycles. The Hall–Kier alpha value is -0.830. The van der Waals surface area contributed by atoms with Gasteiger partial charge < -0.3 is 9.88 Å². The quantitative estimate of drug-likeness (QED) is 0.913. The number of aromatic nitrogens is 2. The first-order valence-electron chi connectivity index (χ1n) is 8.35. The van der Waals surface area contributed by atoms with Gasteiger partial charge in [0.1, 0.15) is 5.82 Å². The lowest BCUT2D eigenvalue weighted by atomic mass is 9.93. The smallest absolute Gasteiger partial charge is 0.113 e. The highest BCUT2D eigenvalue weighted by Gasteiger charge is 2.27. The standard InChI is InChI=1S/C17H29N3/c1-17(2,3)15-12-20-10-6-7-13(16(20)19-15)11-18-14-8-4-5-9-14/h12-14,18H,4-11H2,1-3H3/t13-/m1/s1. The number of nitrogens with zero attached hydrogens (tertiary/aromatic N) is 2. The lowest BCUT2D eigenvalue weighted by molar-refractivity contribution is 0.400. The molecule has 0 saturated heterocycles. The van der Waals surface area contributed by atoms with Gasteiger partial charge in [0, 0.05) is 36.7 Å². The highest BCUT2D eigenvalue weighted by Crippen LogP contribution is 2.30. The summed E-state index contributed by atoms with van der Waals surface area (Å²) in [6, 6.07) is 0.766. The first-order chi connectivity index (χ1) is 9.54. The van der Waals surface area contributed by atoms with E-state index in [1.54, 1.807) is 0 Å². The topological polar surface area (TPSA) is 29.9 Å². The fourth-order valence-electron chi connectivity index (χ4n) is 3.57. The largest absolute Gasteiger partial charge is 0.334 e. The van der Waals surface area contributed by atoms with E-state index in [0.29, 0.717) is 5.92 Å². The minimum atomic E-state index is 0.160. The summed E-state index contributed by atoms with van der Waals surface area (Å²) in [5.74, 6) is 1.94. The molecule has 1 aliphatic heterocycles. The van der Waals surface area contributed by atoms with Gasteiger partial charge in [-0.15, -0.1) is 0 Å². The van der Waals surface area contributed by atoms with Gasteiger partial charge in [0.2, 0.25) is 0 Å². The third kappa shape index (κ3) is 2.93. The second kappa shape index (κ2) is 5.51. The zero-order chi connectivity index (χ0) is 14.2. The average Bonchev–Trinajstić information content (AvgIpc) is 3.04. The molecule has 0 radical (unpaired) electrons. The van der Waals surface area contributed by atoms with Gasteiger partial charge in [-0.1, -0.05) is 33.6 Å². The van der Waals surface area contributed by atoms with Gasteiger partial charge in [0.25, 0.3) is 0 Å². The molecule has 1 aromatic rings. The van der Waals surface area contributed by atoms with Crippen LogP contribution in [0, 0.1) is 0 Å². The SMILES string of the molecule is CC(C)(C)c1cn2c(n1)[C@@H](CNC1CCCC1)CCC2. The highest BCUT2D eigenvalue weighted by molar-refractivity contribution is 5.17. The Morgan fingerprint density at radius 2 is 1.95 bits per heavy atom. The molecule has 0 amide bonds. The molecular weight excluding hydrogens is 246 g/mol. The van der Waals surface area contributed by atoms with Crippen molar-refractivity contribution in [3.8, 4) is 0 Å². The second-order valence-corrected chi connectivity index (χ2v) is 7.66. The van der Waals surface area contributed by atoms with Crippen LogP contribution in [0.15, 0.2) is 6.20 Å². The van der Waals surface area contributed by atoms with Crippen molar-refractivity contribution in [2.75, 3.05) is 6.54 Å². The molecule has 0 spiro atoms. The molecule has 0 bridgehead atoms. The maximum Gasteiger partial charge on any atom is 0.113 e. The predicted octanol–water partition coefficient (Wildman–Crippen LogP) is 3.59. The molecule has 1 aliphatic carbocycles. The molecule has 0 unspecified atom stereocenters. The van der Waals surface area contributed by atoms with E-state index in [4.69, 9.17) is 4.98 Å². The summed E-state index contributed by atoms with van der Waals surface area (Å²) in [6.45, 7) is 9.04. The Labute approximate surface area is 123 Å². The van der Waals surface area contributed by atoms with E-state index in [2.05, 4.69) is 36.9 Å². The summed E-state index contributed by atoms with van der Waals surface area (Å²) >= 11 is 0. The number of nitrogens with one attached hydrogen (secondary N) is 1. The summed E-state index contributed by atoms with van der Waals surface area (Å²) in [5.41, 5.74) is 1.41. The molecular formula is C17H29N3. The normalized spacial score (nSPS) is 24.1. The maximum atomic E-state index is 4.97. The summed E-state index contributed by atoms with van der Waals surface area (Å²) < 4.78 is 2.41. The van der Waals surface area contributed by atoms with Crippen molar-refractivity contribution in [1.29, 1.82) is 0 Å². The molecule has 2 aliphatic rings. The van der Waals surface area contributed by atoms with Crippen molar-refractivity contribution in [2.24, 2.45) is 0 Å². The van der Waals surface area contributed by atoms with Crippen LogP contribution in [0.5, 0.6) is 0 Å². The van der Waals surface area contributed by atoms with Gasteiger partial charge in [0.15, 0.2) is 0 Å². The first-order valence-corrected chi connectivity index (χ1v) is 8.35. The molecule has 1 aromatic heterocycles. The molecule has 1 N–H and O–H groups in total. The molecule has 3 heteroatoms. The Balaban J connectivity index is 1.70. The molecule has 112 valence electrons. The van der Waals surface area contributed by atoms with Crippen LogP contribution >= 0.6 is 0 Å². The summed E-state index contributed by atoms with van der Waals surface area (Å²) in [4.78, 5) is 4.97. The number of rotatable bonds is 3. The van der Waals surface area contributed by atoms with E-state index in [1.165, 1.54) is 50.0 Å². The number of aryl methyl sites for hydroxylation is 1. The number of hydrogen-bond donors (Lipinski definition) is 1. The first kappa shape index (κ1) is 14.1. The zero-order valence-corrected chi connectivity index (χ0v) is 13.3. The fourth-order valence-corrected chi connectivity index (χ4v) is 3.57. The highest BCUT2D eigenvalue weighted by atomic mass is 15.1. The van der Waals surface area contributed by atoms with Crippen molar-refractivity contribution in [2.45, 2.75) is 83.2 Å². The van der Waals surface area contributed by atoms with E-state index >= 15 is 0 Å². The van der Waals surface area contributed by atoms with Gasteiger partial charge in [0.05, 0.1) is 5.69 Å². The van der Waals surface area contributed by atoms with Gasteiger partial charge in [-0.2, -0.15) is 0 Å². The van der Waals surface area contributed by atoms with Crippen molar-refractivity contribution in [3.05, 3.63) is 17.7 Å². The van der Waals surface area contributed by atoms with Crippen LogP contribution in [-0.4, -0.2) is 22.1 Å². The average molecular weight is 275 g/mol. The molecule has 3 nitrogen and oxygen atoms in total. The molecule has 1 saturated carbocycles. The van der Waals surface area contributed by atoms with Gasteiger partial charge in [-0.25, -0.2) is 4.98 Å². The van der Waals surface area contributed by atoms with Crippen LogP contribution in [0.25, 0.3) is 0 Å². The van der Waals surface area contributed by atoms with Crippen molar-refractivity contribution < 1.29 is 0 Å². The Morgan fingerprint density at radius 1 is 1.20 bits per heavy atom. The van der Waals surface area contributed by atoms with E-state index in [9.17, 15) is 0 Å². The second-order valence-electron chi connectivity index (χ2n) is 7.66. The lowest BCUT2D eigenvalue weighted by Gasteiger charge is -2.25. The van der Waals surface area contributed by atoms with Gasteiger partial charge >= 0.3 is 0 Å². The Kier molecular flexibility index (Phi) is 3.89. The monoisotopic (exact) mass is 275 g/mol. The Bertz CT molecular complexity index is 449. The summed E-state index contributed by atoms with van der Waals surface area (Å²) in [6.07, 6.45) is 10.4. The zero-order valence-electron chi connectivity index (χ0n) is 13.3. The van der Waals surface area contributed by atoms with Crippen molar-refractivity contribution >= 4 is 0 Å². The van der Waals surface area contributed by atoms with E-state index in [-0.39, 0.29) is 5.41 Å². The molecule has 2 heterocycles. The van der Waals surface area contributed by atoms with Crippen LogP contribution in [0.2, 0.25) is 0 Å². The molecule has 1 fully saturated rings. The third-order valence-electron chi connectivity index (χ3n) is 4.90. The van der Waals surface area contributed by atoms with Crippen LogP contribution in [0.4, 0.5) is 0 Å². The van der Waals surface area contributed by atoms with E-state index < -0.39 is 0 Å². The van der Waals surface area contributed by atoms with Crippen molar-refractivity contribution in [1.82, 2.24) is 14.9 Å². The number of hydrogen-bond acceptors (Lipinski definition) is 2. The summed E-state index contributed by atoms with van der Waals surface area (Å²) in [7, 11) is 0. The van der Waals surface area contributed by atoms with E-state index in [1.807, 2.05) is 0 Å². The molecule has 1 atom stereocenters. The van der Waals surface area contributed by atoms with Crippen LogP contribution in [-0.2, 0) is 12.0 Å².